The highest BCUT2D eigenvalue weighted by Gasteiger charge is 2.33. The fourth-order valence-corrected chi connectivity index (χ4v) is 3.77. The highest BCUT2D eigenvalue weighted by Crippen LogP contribution is 2.31. The maximum atomic E-state index is 13.4. The van der Waals surface area contributed by atoms with E-state index in [2.05, 4.69) is 20.6 Å². The van der Waals surface area contributed by atoms with Crippen LogP contribution in [0.2, 0.25) is 0 Å². The van der Waals surface area contributed by atoms with Gasteiger partial charge in [0, 0.05) is 31.6 Å². The summed E-state index contributed by atoms with van der Waals surface area (Å²) in [4.78, 5) is 28.4. The van der Waals surface area contributed by atoms with Crippen molar-refractivity contribution in [2.45, 2.75) is 38.1 Å². The molecule has 3 heterocycles. The summed E-state index contributed by atoms with van der Waals surface area (Å²) in [7, 11) is 0. The zero-order chi connectivity index (χ0) is 18.1. The van der Waals surface area contributed by atoms with Crippen molar-refractivity contribution >= 4 is 17.5 Å². The molecule has 136 valence electrons. The topological polar surface area (TPSA) is 95.1 Å². The lowest BCUT2D eigenvalue weighted by atomic mass is 10.0. The normalized spacial score (nSPS) is 19.7. The minimum Gasteiger partial charge on any atom is -0.332 e. The Kier molecular flexibility index (Phi) is 4.36. The molecule has 1 saturated heterocycles. The Labute approximate surface area is 149 Å². The van der Waals surface area contributed by atoms with E-state index < -0.39 is 0 Å². The van der Waals surface area contributed by atoms with Gasteiger partial charge in [0.15, 0.2) is 5.82 Å². The van der Waals surface area contributed by atoms with Gasteiger partial charge >= 0.3 is 0 Å². The molecule has 0 bridgehead atoms. The summed E-state index contributed by atoms with van der Waals surface area (Å²) in [6.07, 6.45) is 2.75. The maximum Gasteiger partial charge on any atom is 0.227 e. The lowest BCUT2D eigenvalue weighted by Gasteiger charge is -2.30. The first-order valence-electron chi connectivity index (χ1n) is 8.75. The number of aryl methyl sites for hydroxylation is 1. The van der Waals surface area contributed by atoms with E-state index in [1.165, 1.54) is 12.1 Å². The molecule has 2 aliphatic heterocycles. The van der Waals surface area contributed by atoms with Gasteiger partial charge in [0.2, 0.25) is 11.8 Å². The Morgan fingerprint density at radius 3 is 3.04 bits per heavy atom. The molecule has 0 radical (unpaired) electrons. The standard InChI is InChI=1S/C17H19FN6O2/c18-12-4-5-13-11(10-12)3-6-15(25)24(13)9-7-16(26)23-8-1-2-14(23)17-19-21-22-20-17/h4-5,10,14H,1-3,6-9H2,(H,19,20,21,22). The number of likely N-dealkylation sites (tertiary alicyclic amines) is 1. The van der Waals surface area contributed by atoms with Gasteiger partial charge in [-0.2, -0.15) is 5.21 Å². The lowest BCUT2D eigenvalue weighted by molar-refractivity contribution is -0.132. The minimum atomic E-state index is -0.311. The number of fused-ring (bicyclic) bond motifs is 1. The number of aromatic amines is 1. The van der Waals surface area contributed by atoms with Crippen LogP contribution in [0.5, 0.6) is 0 Å². The fourth-order valence-electron chi connectivity index (χ4n) is 3.77. The molecular formula is C17H19FN6O2. The number of amides is 2. The fraction of sp³-hybridized carbons (Fsp3) is 0.471. The molecule has 1 aromatic carbocycles. The van der Waals surface area contributed by atoms with E-state index >= 15 is 0 Å². The van der Waals surface area contributed by atoms with E-state index in [0.29, 0.717) is 30.9 Å². The van der Waals surface area contributed by atoms with Crippen molar-refractivity contribution in [2.75, 3.05) is 18.0 Å². The van der Waals surface area contributed by atoms with Crippen molar-refractivity contribution in [3.63, 3.8) is 0 Å². The number of tetrazole rings is 1. The second-order valence-electron chi connectivity index (χ2n) is 6.58. The van der Waals surface area contributed by atoms with Gasteiger partial charge in [-0.3, -0.25) is 9.59 Å². The molecule has 1 fully saturated rings. The number of H-pyrrole nitrogens is 1. The number of carbonyl (C=O) groups is 2. The maximum absolute atomic E-state index is 13.4. The number of nitrogens with zero attached hydrogens (tertiary/aromatic N) is 5. The number of hydrogen-bond donors (Lipinski definition) is 1. The van der Waals surface area contributed by atoms with Gasteiger partial charge in [0.05, 0.1) is 6.04 Å². The van der Waals surface area contributed by atoms with E-state index in [4.69, 9.17) is 0 Å². The number of hydrogen-bond acceptors (Lipinski definition) is 5. The monoisotopic (exact) mass is 358 g/mol. The molecule has 0 saturated carbocycles. The second-order valence-corrected chi connectivity index (χ2v) is 6.58. The van der Waals surface area contributed by atoms with E-state index in [0.717, 1.165) is 18.4 Å². The van der Waals surface area contributed by atoms with E-state index in [1.807, 2.05) is 0 Å². The number of nitrogens with one attached hydrogen (secondary N) is 1. The summed E-state index contributed by atoms with van der Waals surface area (Å²) in [5, 5.41) is 14.0. The molecule has 2 aliphatic rings. The van der Waals surface area contributed by atoms with Crippen molar-refractivity contribution in [2.24, 2.45) is 0 Å². The molecule has 2 aromatic rings. The molecule has 26 heavy (non-hydrogen) atoms. The Bertz CT molecular complexity index is 825. The van der Waals surface area contributed by atoms with E-state index in [-0.39, 0.29) is 36.6 Å². The van der Waals surface area contributed by atoms with Crippen LogP contribution in [0.15, 0.2) is 18.2 Å². The van der Waals surface area contributed by atoms with Crippen LogP contribution >= 0.6 is 0 Å². The van der Waals surface area contributed by atoms with Crippen LogP contribution in [-0.4, -0.2) is 50.4 Å². The molecule has 9 heteroatoms. The molecule has 2 amide bonds. The van der Waals surface area contributed by atoms with Crippen molar-refractivity contribution in [3.8, 4) is 0 Å². The van der Waals surface area contributed by atoms with Crippen molar-refractivity contribution in [1.82, 2.24) is 25.5 Å². The largest absolute Gasteiger partial charge is 0.332 e. The Balaban J connectivity index is 1.45. The summed E-state index contributed by atoms with van der Waals surface area (Å²) in [6.45, 7) is 0.930. The van der Waals surface area contributed by atoms with Crippen molar-refractivity contribution in [3.05, 3.63) is 35.4 Å². The van der Waals surface area contributed by atoms with Gasteiger partial charge in [0.1, 0.15) is 5.82 Å². The predicted octanol–water partition coefficient (Wildman–Crippen LogP) is 1.37. The molecule has 8 nitrogen and oxygen atoms in total. The first-order valence-corrected chi connectivity index (χ1v) is 8.75. The van der Waals surface area contributed by atoms with Gasteiger partial charge in [0.25, 0.3) is 0 Å². The Hall–Kier alpha value is -2.84. The number of halogens is 1. The molecule has 1 atom stereocenters. The van der Waals surface area contributed by atoms with Crippen LogP contribution in [0.1, 0.15) is 43.1 Å². The van der Waals surface area contributed by atoms with E-state index in [9.17, 15) is 14.0 Å². The number of benzene rings is 1. The average Bonchev–Trinajstić information content (AvgIpc) is 3.31. The lowest BCUT2D eigenvalue weighted by Crippen LogP contribution is -2.39. The second kappa shape index (κ2) is 6.81. The first-order chi connectivity index (χ1) is 12.6. The van der Waals surface area contributed by atoms with E-state index in [1.54, 1.807) is 15.9 Å². The minimum absolute atomic E-state index is 0.0342. The quantitative estimate of drug-likeness (QED) is 0.891. The Morgan fingerprint density at radius 1 is 1.35 bits per heavy atom. The van der Waals surface area contributed by atoms with Gasteiger partial charge in [-0.1, -0.05) is 5.21 Å². The highest BCUT2D eigenvalue weighted by molar-refractivity contribution is 5.97. The molecule has 1 aromatic heterocycles. The number of anilines is 1. The number of rotatable bonds is 4. The van der Waals surface area contributed by atoms with Crippen LogP contribution in [0.3, 0.4) is 0 Å². The molecule has 1 unspecified atom stereocenters. The highest BCUT2D eigenvalue weighted by atomic mass is 19.1. The third kappa shape index (κ3) is 3.04. The van der Waals surface area contributed by atoms with Crippen LogP contribution in [-0.2, 0) is 16.0 Å². The van der Waals surface area contributed by atoms with Gasteiger partial charge in [-0.25, -0.2) is 4.39 Å². The zero-order valence-electron chi connectivity index (χ0n) is 14.2. The molecule has 4 rings (SSSR count). The summed E-state index contributed by atoms with van der Waals surface area (Å²) in [5.41, 5.74) is 1.51. The van der Waals surface area contributed by atoms with Crippen LogP contribution in [0.4, 0.5) is 10.1 Å². The third-order valence-corrected chi connectivity index (χ3v) is 5.02. The van der Waals surface area contributed by atoms with Gasteiger partial charge in [-0.05, 0) is 43.0 Å². The summed E-state index contributed by atoms with van der Waals surface area (Å²) < 4.78 is 13.4. The predicted molar refractivity (Wildman–Crippen MR) is 89.6 cm³/mol. The molecule has 0 spiro atoms. The number of carbonyl (C=O) groups excluding carboxylic acids is 2. The summed E-state index contributed by atoms with van der Waals surface area (Å²) in [6, 6.07) is 4.26. The number of aromatic nitrogens is 4. The van der Waals surface area contributed by atoms with Crippen molar-refractivity contribution in [1.29, 1.82) is 0 Å². The smallest absolute Gasteiger partial charge is 0.227 e. The zero-order valence-corrected chi connectivity index (χ0v) is 14.2. The summed E-state index contributed by atoms with van der Waals surface area (Å²) in [5.74, 6) is 0.132. The third-order valence-electron chi connectivity index (χ3n) is 5.02. The molecule has 0 aliphatic carbocycles. The van der Waals surface area contributed by atoms with Crippen molar-refractivity contribution < 1.29 is 14.0 Å². The average molecular weight is 358 g/mol. The molecular weight excluding hydrogens is 339 g/mol. The van der Waals surface area contributed by atoms with Crippen LogP contribution < -0.4 is 4.90 Å². The van der Waals surface area contributed by atoms with Gasteiger partial charge in [-0.15, -0.1) is 10.2 Å². The van der Waals surface area contributed by atoms with Crippen LogP contribution in [0, 0.1) is 5.82 Å². The molecule has 1 N–H and O–H groups in total. The first kappa shape index (κ1) is 16.6. The SMILES string of the molecule is O=C1CCc2cc(F)ccc2N1CCC(=O)N1CCCC1c1nn[nH]n1. The Morgan fingerprint density at radius 2 is 2.23 bits per heavy atom. The summed E-state index contributed by atoms with van der Waals surface area (Å²) >= 11 is 0. The van der Waals surface area contributed by atoms with Gasteiger partial charge < -0.3 is 9.80 Å². The van der Waals surface area contributed by atoms with Crippen LogP contribution in [0.25, 0.3) is 0 Å².